The van der Waals surface area contributed by atoms with Gasteiger partial charge in [0.15, 0.2) is 0 Å². The normalized spacial score (nSPS) is 16.6. The van der Waals surface area contributed by atoms with Crippen LogP contribution in [-0.4, -0.2) is 18.5 Å². The first-order chi connectivity index (χ1) is 8.11. The summed E-state index contributed by atoms with van der Waals surface area (Å²) in [5.74, 6) is 0.567. The van der Waals surface area contributed by atoms with Crippen molar-refractivity contribution in [1.82, 2.24) is 5.32 Å². The van der Waals surface area contributed by atoms with E-state index in [1.807, 2.05) is 25.1 Å². The molecular formula is C13H17BrN2O. The number of amides is 1. The number of rotatable bonds is 4. The Morgan fingerprint density at radius 1 is 1.59 bits per heavy atom. The number of carbonyl (C=O) groups excluding carboxylic acids is 1. The molecule has 3 nitrogen and oxygen atoms in total. The predicted molar refractivity (Wildman–Crippen MR) is 71.9 cm³/mol. The van der Waals surface area contributed by atoms with E-state index in [0.29, 0.717) is 12.5 Å². The third-order valence-corrected chi connectivity index (χ3v) is 3.69. The van der Waals surface area contributed by atoms with Crippen molar-refractivity contribution in [1.29, 1.82) is 0 Å². The molecule has 92 valence electrons. The first-order valence-electron chi connectivity index (χ1n) is 5.89. The fraction of sp³-hybridized carbons (Fsp3) is 0.462. The molecule has 1 amide bonds. The fourth-order valence-corrected chi connectivity index (χ4v) is 2.47. The van der Waals surface area contributed by atoms with Gasteiger partial charge >= 0.3 is 0 Å². The molecule has 0 radical (unpaired) electrons. The van der Waals surface area contributed by atoms with Gasteiger partial charge in [-0.05, 0) is 49.4 Å². The number of aryl methyl sites for hydroxylation is 1. The summed E-state index contributed by atoms with van der Waals surface area (Å²) in [7, 11) is 0. The molecule has 3 N–H and O–H groups in total. The Labute approximate surface area is 110 Å². The van der Waals surface area contributed by atoms with E-state index in [2.05, 4.69) is 21.2 Å². The Kier molecular flexibility index (Phi) is 3.84. The molecule has 0 spiro atoms. The van der Waals surface area contributed by atoms with E-state index < -0.39 is 0 Å². The van der Waals surface area contributed by atoms with Gasteiger partial charge in [-0.3, -0.25) is 4.79 Å². The molecule has 0 aromatic heterocycles. The Balaban J connectivity index is 2.08. The smallest absolute Gasteiger partial charge is 0.251 e. The van der Waals surface area contributed by atoms with Crippen molar-refractivity contribution in [2.75, 3.05) is 6.54 Å². The van der Waals surface area contributed by atoms with Crippen LogP contribution in [0.5, 0.6) is 0 Å². The molecular weight excluding hydrogens is 280 g/mol. The van der Waals surface area contributed by atoms with Crippen molar-refractivity contribution in [3.63, 3.8) is 0 Å². The maximum atomic E-state index is 12.1. The van der Waals surface area contributed by atoms with E-state index in [1.54, 1.807) is 0 Å². The van der Waals surface area contributed by atoms with Gasteiger partial charge in [0.1, 0.15) is 0 Å². The number of benzene rings is 1. The van der Waals surface area contributed by atoms with Gasteiger partial charge in [0.25, 0.3) is 5.91 Å². The molecule has 1 saturated carbocycles. The number of hydrogen-bond donors (Lipinski definition) is 2. The molecule has 0 aliphatic heterocycles. The van der Waals surface area contributed by atoms with Gasteiger partial charge in [-0.15, -0.1) is 0 Å². The summed E-state index contributed by atoms with van der Waals surface area (Å²) in [6.07, 6.45) is 2.36. The average Bonchev–Trinajstić information content (AvgIpc) is 3.09. The molecule has 0 heterocycles. The molecule has 1 aliphatic rings. The van der Waals surface area contributed by atoms with Crippen LogP contribution >= 0.6 is 15.9 Å². The molecule has 2 rings (SSSR count). The molecule has 1 fully saturated rings. The van der Waals surface area contributed by atoms with E-state index in [4.69, 9.17) is 5.73 Å². The summed E-state index contributed by atoms with van der Waals surface area (Å²) in [4.78, 5) is 12.1. The Bertz CT molecular complexity index is 429. The Morgan fingerprint density at radius 2 is 2.29 bits per heavy atom. The van der Waals surface area contributed by atoms with E-state index in [9.17, 15) is 4.79 Å². The van der Waals surface area contributed by atoms with Crippen LogP contribution in [-0.2, 0) is 0 Å². The zero-order chi connectivity index (χ0) is 12.4. The van der Waals surface area contributed by atoms with E-state index in [1.165, 1.54) is 12.8 Å². The van der Waals surface area contributed by atoms with Crippen LogP contribution in [0.2, 0.25) is 0 Å². The van der Waals surface area contributed by atoms with Crippen molar-refractivity contribution in [2.45, 2.75) is 25.8 Å². The lowest BCUT2D eigenvalue weighted by molar-refractivity contribution is 0.0933. The van der Waals surface area contributed by atoms with Gasteiger partial charge in [-0.1, -0.05) is 15.9 Å². The average molecular weight is 297 g/mol. The first kappa shape index (κ1) is 12.6. The van der Waals surface area contributed by atoms with Crippen LogP contribution in [0, 0.1) is 12.8 Å². The minimum absolute atomic E-state index is 0.0163. The largest absolute Gasteiger partial charge is 0.348 e. The highest BCUT2D eigenvalue weighted by Crippen LogP contribution is 2.32. The third-order valence-electron chi connectivity index (χ3n) is 3.19. The summed E-state index contributed by atoms with van der Waals surface area (Å²) < 4.78 is 0.990. The lowest BCUT2D eigenvalue weighted by Gasteiger charge is -2.16. The molecule has 4 heteroatoms. The number of nitrogens with two attached hydrogens (primary N) is 1. The zero-order valence-electron chi connectivity index (χ0n) is 9.87. The van der Waals surface area contributed by atoms with Gasteiger partial charge < -0.3 is 11.1 Å². The predicted octanol–water partition coefficient (Wildman–Crippen LogP) is 2.22. The first-order valence-corrected chi connectivity index (χ1v) is 6.68. The highest BCUT2D eigenvalue weighted by Gasteiger charge is 2.31. The molecule has 0 saturated heterocycles. The lowest BCUT2D eigenvalue weighted by atomic mass is 10.1. The molecule has 1 aromatic rings. The van der Waals surface area contributed by atoms with Crippen LogP contribution < -0.4 is 11.1 Å². The van der Waals surface area contributed by atoms with Crippen LogP contribution in [0.15, 0.2) is 22.7 Å². The SMILES string of the molecule is Cc1cc(Br)ccc1C(=O)NC(CN)C1CC1. The molecule has 0 bridgehead atoms. The minimum Gasteiger partial charge on any atom is -0.348 e. The van der Waals surface area contributed by atoms with Gasteiger partial charge in [-0.2, -0.15) is 0 Å². The van der Waals surface area contributed by atoms with E-state index in [-0.39, 0.29) is 11.9 Å². The summed E-state index contributed by atoms with van der Waals surface area (Å²) in [5, 5.41) is 3.03. The molecule has 1 aromatic carbocycles. The van der Waals surface area contributed by atoms with Gasteiger partial charge in [0, 0.05) is 22.6 Å². The second-order valence-corrected chi connectivity index (χ2v) is 5.53. The Hall–Kier alpha value is -0.870. The quantitative estimate of drug-likeness (QED) is 0.895. The standard InChI is InChI=1S/C13H17BrN2O/c1-8-6-10(14)4-5-11(8)13(17)16-12(7-15)9-2-3-9/h4-6,9,12H,2-3,7,15H2,1H3,(H,16,17). The van der Waals surface area contributed by atoms with Crippen LogP contribution in [0.25, 0.3) is 0 Å². The lowest BCUT2D eigenvalue weighted by Crippen LogP contribution is -2.41. The number of hydrogen-bond acceptors (Lipinski definition) is 2. The third kappa shape index (κ3) is 3.07. The second kappa shape index (κ2) is 5.19. The number of halogens is 1. The van der Waals surface area contributed by atoms with E-state index in [0.717, 1.165) is 15.6 Å². The summed E-state index contributed by atoms with van der Waals surface area (Å²) in [6.45, 7) is 2.46. The van der Waals surface area contributed by atoms with Crippen LogP contribution in [0.4, 0.5) is 0 Å². The Morgan fingerprint density at radius 3 is 2.82 bits per heavy atom. The van der Waals surface area contributed by atoms with Crippen molar-refractivity contribution < 1.29 is 4.79 Å². The van der Waals surface area contributed by atoms with Gasteiger partial charge in [0.2, 0.25) is 0 Å². The summed E-state index contributed by atoms with van der Waals surface area (Å²) in [6, 6.07) is 5.81. The maximum absolute atomic E-state index is 12.1. The summed E-state index contributed by atoms with van der Waals surface area (Å²) in [5.41, 5.74) is 7.38. The monoisotopic (exact) mass is 296 g/mol. The van der Waals surface area contributed by atoms with Gasteiger partial charge in [-0.25, -0.2) is 0 Å². The van der Waals surface area contributed by atoms with Crippen molar-refractivity contribution in [3.8, 4) is 0 Å². The molecule has 1 unspecified atom stereocenters. The van der Waals surface area contributed by atoms with Crippen molar-refractivity contribution in [2.24, 2.45) is 11.7 Å². The minimum atomic E-state index is -0.0163. The highest BCUT2D eigenvalue weighted by atomic mass is 79.9. The van der Waals surface area contributed by atoms with Crippen molar-refractivity contribution in [3.05, 3.63) is 33.8 Å². The molecule has 1 atom stereocenters. The topological polar surface area (TPSA) is 55.1 Å². The maximum Gasteiger partial charge on any atom is 0.251 e. The zero-order valence-corrected chi connectivity index (χ0v) is 11.5. The number of nitrogens with one attached hydrogen (secondary N) is 1. The highest BCUT2D eigenvalue weighted by molar-refractivity contribution is 9.10. The van der Waals surface area contributed by atoms with Crippen molar-refractivity contribution >= 4 is 21.8 Å². The van der Waals surface area contributed by atoms with Crippen LogP contribution in [0.3, 0.4) is 0 Å². The number of carbonyl (C=O) groups is 1. The molecule has 17 heavy (non-hydrogen) atoms. The van der Waals surface area contributed by atoms with Gasteiger partial charge in [0.05, 0.1) is 0 Å². The van der Waals surface area contributed by atoms with Crippen LogP contribution in [0.1, 0.15) is 28.8 Å². The summed E-state index contributed by atoms with van der Waals surface area (Å²) >= 11 is 3.39. The molecule has 1 aliphatic carbocycles. The van der Waals surface area contributed by atoms with E-state index >= 15 is 0 Å². The second-order valence-electron chi connectivity index (χ2n) is 4.61. The fourth-order valence-electron chi connectivity index (χ4n) is 2.00.